The Balaban J connectivity index is 2.43. The summed E-state index contributed by atoms with van der Waals surface area (Å²) in [6.45, 7) is 14.6. The summed E-state index contributed by atoms with van der Waals surface area (Å²) in [5, 5.41) is 0.486. The highest BCUT2D eigenvalue weighted by Gasteiger charge is 2.26. The molecule has 0 spiro atoms. The van der Waals surface area contributed by atoms with Crippen molar-refractivity contribution in [3.8, 4) is 5.75 Å². The van der Waals surface area contributed by atoms with Gasteiger partial charge in [-0.1, -0.05) is 19.9 Å². The number of nitrogens with zero attached hydrogens (tertiary/aromatic N) is 2. The van der Waals surface area contributed by atoms with Crippen molar-refractivity contribution in [1.82, 2.24) is 9.47 Å². The number of benzene rings is 1. The Morgan fingerprint density at radius 2 is 1.78 bits per heavy atom. The van der Waals surface area contributed by atoms with Gasteiger partial charge in [0.2, 0.25) is 0 Å². The van der Waals surface area contributed by atoms with Gasteiger partial charge in [-0.25, -0.2) is 4.79 Å². The minimum absolute atomic E-state index is 0.218. The predicted octanol–water partition coefficient (Wildman–Crippen LogP) is 3.07. The quantitative estimate of drug-likeness (QED) is 0.324. The van der Waals surface area contributed by atoms with E-state index in [1.807, 2.05) is 10.6 Å². The van der Waals surface area contributed by atoms with E-state index in [1.54, 1.807) is 39.8 Å². The monoisotopic (exact) mass is 445 g/mol. The maximum atomic E-state index is 12.7. The molecule has 0 aliphatic rings. The molecule has 1 aromatic carbocycles. The zero-order valence-electron chi connectivity index (χ0n) is 20.0. The van der Waals surface area contributed by atoms with E-state index < -0.39 is 23.3 Å². The molecule has 1 aromatic heterocycles. The van der Waals surface area contributed by atoms with Gasteiger partial charge in [0.05, 0.1) is 16.5 Å². The summed E-state index contributed by atoms with van der Waals surface area (Å²) in [4.78, 5) is 38.9. The fourth-order valence-corrected chi connectivity index (χ4v) is 3.80. The van der Waals surface area contributed by atoms with E-state index in [0.29, 0.717) is 23.4 Å². The molecule has 0 unspecified atom stereocenters. The number of hydrogen-bond acceptors (Lipinski definition) is 6. The van der Waals surface area contributed by atoms with E-state index in [2.05, 4.69) is 18.7 Å². The van der Waals surface area contributed by atoms with Crippen LogP contribution in [0.2, 0.25) is 0 Å². The van der Waals surface area contributed by atoms with Crippen LogP contribution in [0.25, 0.3) is 10.9 Å². The first-order valence-electron chi connectivity index (χ1n) is 11.0. The summed E-state index contributed by atoms with van der Waals surface area (Å²) < 4.78 is 13.1. The number of amides is 1. The van der Waals surface area contributed by atoms with Crippen LogP contribution in [-0.4, -0.2) is 59.0 Å². The standard InChI is InChI=1S/C24H35N3O5/c1-7-26(8-2)13-10-14-27-16(3)20(22(29)23(25)30)21-17(27)11-9-12-18(21)31-15-19(28)32-24(4,5)6/h9,11-12H,7-8,10,13-15H2,1-6H3,(H2,25,30). The number of rotatable bonds is 11. The van der Waals surface area contributed by atoms with Gasteiger partial charge in [-0.3, -0.25) is 9.59 Å². The molecule has 0 fully saturated rings. The van der Waals surface area contributed by atoms with Crippen LogP contribution in [0.4, 0.5) is 0 Å². The first kappa shape index (κ1) is 25.4. The normalized spacial score (nSPS) is 11.7. The second kappa shape index (κ2) is 10.6. The molecule has 8 heteroatoms. The van der Waals surface area contributed by atoms with Crippen molar-refractivity contribution in [3.05, 3.63) is 29.5 Å². The highest BCUT2D eigenvalue weighted by atomic mass is 16.6. The van der Waals surface area contributed by atoms with Gasteiger partial charge in [0.1, 0.15) is 11.4 Å². The van der Waals surface area contributed by atoms with E-state index >= 15 is 0 Å². The summed E-state index contributed by atoms with van der Waals surface area (Å²) in [5.74, 6) is -1.99. The molecule has 0 atom stereocenters. The van der Waals surface area contributed by atoms with Crippen molar-refractivity contribution in [3.63, 3.8) is 0 Å². The lowest BCUT2D eigenvalue weighted by molar-refractivity contribution is -0.157. The number of Topliss-reactive ketones (excluding diaryl/α,β-unsaturated/α-hetero) is 1. The first-order valence-corrected chi connectivity index (χ1v) is 11.0. The molecule has 0 aliphatic carbocycles. The van der Waals surface area contributed by atoms with E-state index in [0.717, 1.165) is 31.6 Å². The number of carbonyl (C=O) groups is 3. The number of ether oxygens (including phenoxy) is 2. The van der Waals surface area contributed by atoms with Gasteiger partial charge in [0.25, 0.3) is 11.7 Å². The lowest BCUT2D eigenvalue weighted by Crippen LogP contribution is -2.27. The number of nitrogens with two attached hydrogens (primary N) is 1. The summed E-state index contributed by atoms with van der Waals surface area (Å²) >= 11 is 0. The Morgan fingerprint density at radius 1 is 1.12 bits per heavy atom. The van der Waals surface area contributed by atoms with Gasteiger partial charge in [0.15, 0.2) is 6.61 Å². The van der Waals surface area contributed by atoms with E-state index in [1.165, 1.54) is 0 Å². The molecule has 0 bridgehead atoms. The Labute approximate surface area is 189 Å². The zero-order valence-corrected chi connectivity index (χ0v) is 20.0. The highest BCUT2D eigenvalue weighted by Crippen LogP contribution is 2.34. The molecular weight excluding hydrogens is 410 g/mol. The van der Waals surface area contributed by atoms with Crippen LogP contribution in [-0.2, 0) is 20.9 Å². The molecule has 2 rings (SSSR count). The van der Waals surface area contributed by atoms with Crippen LogP contribution in [0, 0.1) is 6.92 Å². The molecule has 1 heterocycles. The number of aryl methyl sites for hydroxylation is 1. The Kier molecular flexibility index (Phi) is 8.44. The largest absolute Gasteiger partial charge is 0.481 e. The minimum Gasteiger partial charge on any atom is -0.481 e. The van der Waals surface area contributed by atoms with Gasteiger partial charge in [-0.2, -0.15) is 0 Å². The summed E-state index contributed by atoms with van der Waals surface area (Å²) in [6, 6.07) is 5.34. The lowest BCUT2D eigenvalue weighted by atomic mass is 10.1. The molecule has 2 N–H and O–H groups in total. The smallest absolute Gasteiger partial charge is 0.344 e. The number of aromatic nitrogens is 1. The molecule has 0 saturated heterocycles. The van der Waals surface area contributed by atoms with Gasteiger partial charge >= 0.3 is 5.97 Å². The molecule has 176 valence electrons. The number of esters is 1. The van der Waals surface area contributed by atoms with Crippen LogP contribution in [0.3, 0.4) is 0 Å². The average molecular weight is 446 g/mol. The SMILES string of the molecule is CCN(CC)CCCn1c(C)c(C(=O)C(N)=O)c2c(OCC(=O)OC(C)(C)C)cccc21. The first-order chi connectivity index (χ1) is 15.0. The lowest BCUT2D eigenvalue weighted by Gasteiger charge is -2.19. The van der Waals surface area contributed by atoms with Gasteiger partial charge in [-0.15, -0.1) is 0 Å². The van der Waals surface area contributed by atoms with Crippen molar-refractivity contribution >= 4 is 28.6 Å². The number of fused-ring (bicyclic) bond motifs is 1. The van der Waals surface area contributed by atoms with Crippen LogP contribution >= 0.6 is 0 Å². The number of ketones is 1. The minimum atomic E-state index is -1.03. The predicted molar refractivity (Wildman–Crippen MR) is 124 cm³/mol. The highest BCUT2D eigenvalue weighted by molar-refractivity contribution is 6.45. The van der Waals surface area contributed by atoms with E-state index in [9.17, 15) is 14.4 Å². The number of primary amides is 1. The molecule has 0 aliphatic heterocycles. The molecule has 32 heavy (non-hydrogen) atoms. The van der Waals surface area contributed by atoms with Crippen molar-refractivity contribution < 1.29 is 23.9 Å². The third-order valence-corrected chi connectivity index (χ3v) is 5.28. The Morgan fingerprint density at radius 3 is 2.34 bits per heavy atom. The average Bonchev–Trinajstić information content (AvgIpc) is 2.99. The zero-order chi connectivity index (χ0) is 24.1. The van der Waals surface area contributed by atoms with Crippen LogP contribution in [0.1, 0.15) is 57.1 Å². The topological polar surface area (TPSA) is 104 Å². The van der Waals surface area contributed by atoms with Crippen LogP contribution in [0.15, 0.2) is 18.2 Å². The third-order valence-electron chi connectivity index (χ3n) is 5.28. The Bertz CT molecular complexity index is 984. The van der Waals surface area contributed by atoms with Crippen LogP contribution in [0.5, 0.6) is 5.75 Å². The summed E-state index contributed by atoms with van der Waals surface area (Å²) in [5.41, 5.74) is 6.33. The van der Waals surface area contributed by atoms with Crippen molar-refractivity contribution in [1.29, 1.82) is 0 Å². The summed E-state index contributed by atoms with van der Waals surface area (Å²) in [6.07, 6.45) is 0.874. The summed E-state index contributed by atoms with van der Waals surface area (Å²) in [7, 11) is 0. The molecular formula is C24H35N3O5. The van der Waals surface area contributed by atoms with Crippen molar-refractivity contribution in [2.24, 2.45) is 5.73 Å². The second-order valence-corrected chi connectivity index (χ2v) is 8.71. The van der Waals surface area contributed by atoms with E-state index in [4.69, 9.17) is 15.2 Å². The molecule has 2 aromatic rings. The van der Waals surface area contributed by atoms with Gasteiger partial charge in [-0.05, 0) is 65.9 Å². The number of carbonyl (C=O) groups excluding carboxylic acids is 3. The van der Waals surface area contributed by atoms with Crippen LogP contribution < -0.4 is 10.5 Å². The maximum absolute atomic E-state index is 12.7. The molecule has 1 amide bonds. The van der Waals surface area contributed by atoms with Crippen molar-refractivity contribution in [2.45, 2.75) is 60.1 Å². The van der Waals surface area contributed by atoms with E-state index in [-0.39, 0.29) is 12.2 Å². The number of hydrogen-bond donors (Lipinski definition) is 1. The van der Waals surface area contributed by atoms with Crippen molar-refractivity contribution in [2.75, 3.05) is 26.2 Å². The Hall–Kier alpha value is -2.87. The molecule has 8 nitrogen and oxygen atoms in total. The maximum Gasteiger partial charge on any atom is 0.344 e. The second-order valence-electron chi connectivity index (χ2n) is 8.71. The van der Waals surface area contributed by atoms with Gasteiger partial charge in [0, 0.05) is 12.2 Å². The third kappa shape index (κ3) is 6.09. The fourth-order valence-electron chi connectivity index (χ4n) is 3.80. The molecule has 0 radical (unpaired) electrons. The fraction of sp³-hybridized carbons (Fsp3) is 0.542. The molecule has 0 saturated carbocycles. The van der Waals surface area contributed by atoms with Gasteiger partial charge < -0.3 is 24.7 Å².